The first-order valence-electron chi connectivity index (χ1n) is 4.36. The Balaban J connectivity index is 2.30. The fourth-order valence-electron chi connectivity index (χ4n) is 1.68. The van der Waals surface area contributed by atoms with Gasteiger partial charge in [-0.2, -0.15) is 0 Å². The van der Waals surface area contributed by atoms with E-state index in [-0.39, 0.29) is 6.54 Å². The van der Waals surface area contributed by atoms with E-state index >= 15 is 0 Å². The molecule has 1 heterocycles. The third kappa shape index (κ3) is 2.79. The number of nitrogens with two attached hydrogens (primary N) is 1. The third-order valence-electron chi connectivity index (χ3n) is 2.30. The van der Waals surface area contributed by atoms with E-state index in [1.807, 2.05) is 4.90 Å². The van der Waals surface area contributed by atoms with Crippen LogP contribution in [0.2, 0.25) is 0 Å². The van der Waals surface area contributed by atoms with Gasteiger partial charge in [0.1, 0.15) is 0 Å². The van der Waals surface area contributed by atoms with Gasteiger partial charge >= 0.3 is 5.97 Å². The number of rotatable bonds is 3. The molecule has 0 amide bonds. The lowest BCUT2D eigenvalue weighted by atomic mass is 9.98. The Labute approximate surface area is 72.3 Å². The van der Waals surface area contributed by atoms with Gasteiger partial charge in [-0.3, -0.25) is 9.69 Å². The Morgan fingerprint density at radius 2 is 2.42 bits per heavy atom. The molecule has 0 bridgehead atoms. The summed E-state index contributed by atoms with van der Waals surface area (Å²) in [7, 11) is 0. The van der Waals surface area contributed by atoms with Crippen molar-refractivity contribution >= 4 is 5.97 Å². The van der Waals surface area contributed by atoms with E-state index in [4.69, 9.17) is 10.8 Å². The highest BCUT2D eigenvalue weighted by Gasteiger charge is 2.19. The van der Waals surface area contributed by atoms with Crippen LogP contribution in [-0.4, -0.2) is 42.2 Å². The molecule has 1 unspecified atom stereocenters. The lowest BCUT2D eigenvalue weighted by Gasteiger charge is -2.30. The minimum atomic E-state index is -0.743. The van der Waals surface area contributed by atoms with Gasteiger partial charge < -0.3 is 10.8 Å². The molecule has 0 aromatic heterocycles. The smallest absolute Gasteiger partial charge is 0.317 e. The molecule has 1 rings (SSSR count). The van der Waals surface area contributed by atoms with Crippen LogP contribution in [0.3, 0.4) is 0 Å². The van der Waals surface area contributed by atoms with Gasteiger partial charge in [-0.15, -0.1) is 0 Å². The Hall–Kier alpha value is -0.610. The van der Waals surface area contributed by atoms with E-state index in [9.17, 15) is 4.79 Å². The van der Waals surface area contributed by atoms with Crippen molar-refractivity contribution in [2.24, 2.45) is 11.7 Å². The zero-order valence-corrected chi connectivity index (χ0v) is 7.20. The summed E-state index contributed by atoms with van der Waals surface area (Å²) in [5.74, 6) is -0.245. The van der Waals surface area contributed by atoms with Gasteiger partial charge in [-0.05, 0) is 31.8 Å². The minimum absolute atomic E-state index is 0.163. The number of hydrogen-bond acceptors (Lipinski definition) is 3. The monoisotopic (exact) mass is 172 g/mol. The quantitative estimate of drug-likeness (QED) is 0.615. The lowest BCUT2D eigenvalue weighted by Crippen LogP contribution is -2.40. The average molecular weight is 172 g/mol. The Morgan fingerprint density at radius 3 is 3.00 bits per heavy atom. The Kier molecular flexibility index (Phi) is 3.49. The summed E-state index contributed by atoms with van der Waals surface area (Å²) in [5, 5.41) is 8.55. The van der Waals surface area contributed by atoms with Gasteiger partial charge in [0.2, 0.25) is 0 Å². The van der Waals surface area contributed by atoms with Crippen LogP contribution in [0, 0.1) is 5.92 Å². The third-order valence-corrected chi connectivity index (χ3v) is 2.30. The summed E-state index contributed by atoms with van der Waals surface area (Å²) < 4.78 is 0. The molecule has 0 radical (unpaired) electrons. The molecule has 4 nitrogen and oxygen atoms in total. The highest BCUT2D eigenvalue weighted by atomic mass is 16.4. The van der Waals surface area contributed by atoms with E-state index in [1.165, 1.54) is 0 Å². The molecule has 4 heteroatoms. The van der Waals surface area contributed by atoms with Crippen molar-refractivity contribution < 1.29 is 9.90 Å². The van der Waals surface area contributed by atoms with E-state index in [0.717, 1.165) is 25.9 Å². The molecule has 3 N–H and O–H groups in total. The minimum Gasteiger partial charge on any atom is -0.480 e. The van der Waals surface area contributed by atoms with E-state index in [0.29, 0.717) is 12.5 Å². The van der Waals surface area contributed by atoms with Gasteiger partial charge in [0.05, 0.1) is 6.54 Å². The number of nitrogens with zero attached hydrogens (tertiary/aromatic N) is 1. The maximum absolute atomic E-state index is 10.4. The Bertz CT molecular complexity index is 161. The molecule has 1 atom stereocenters. The fraction of sp³-hybridized carbons (Fsp3) is 0.875. The normalized spacial score (nSPS) is 25.6. The summed E-state index contributed by atoms with van der Waals surface area (Å²) >= 11 is 0. The molecule has 1 fully saturated rings. The highest BCUT2D eigenvalue weighted by Crippen LogP contribution is 2.14. The molecule has 1 aliphatic heterocycles. The summed E-state index contributed by atoms with van der Waals surface area (Å²) in [6.07, 6.45) is 2.22. The van der Waals surface area contributed by atoms with Crippen molar-refractivity contribution in [2.75, 3.05) is 26.2 Å². The van der Waals surface area contributed by atoms with Crippen LogP contribution in [0.4, 0.5) is 0 Å². The Morgan fingerprint density at radius 1 is 1.67 bits per heavy atom. The van der Waals surface area contributed by atoms with Gasteiger partial charge in [-0.1, -0.05) is 0 Å². The van der Waals surface area contributed by atoms with Crippen molar-refractivity contribution in [1.29, 1.82) is 0 Å². The first-order chi connectivity index (χ1) is 5.72. The largest absolute Gasteiger partial charge is 0.480 e. The van der Waals surface area contributed by atoms with Gasteiger partial charge in [0, 0.05) is 6.54 Å². The second-order valence-corrected chi connectivity index (χ2v) is 3.37. The van der Waals surface area contributed by atoms with Crippen molar-refractivity contribution in [1.82, 2.24) is 4.90 Å². The molecular formula is C8H16N2O2. The van der Waals surface area contributed by atoms with E-state index < -0.39 is 5.97 Å². The predicted octanol–water partition coefficient (Wildman–Crippen LogP) is -0.258. The van der Waals surface area contributed by atoms with Gasteiger partial charge in [-0.25, -0.2) is 0 Å². The van der Waals surface area contributed by atoms with Crippen molar-refractivity contribution in [3.05, 3.63) is 0 Å². The molecule has 12 heavy (non-hydrogen) atoms. The SMILES string of the molecule is NCC1CCCN(CC(=O)O)C1. The van der Waals surface area contributed by atoms with Crippen LogP contribution in [-0.2, 0) is 4.79 Å². The molecule has 0 aromatic carbocycles. The van der Waals surface area contributed by atoms with E-state index in [2.05, 4.69) is 0 Å². The highest BCUT2D eigenvalue weighted by molar-refractivity contribution is 5.69. The molecule has 1 aliphatic rings. The zero-order valence-electron chi connectivity index (χ0n) is 7.20. The lowest BCUT2D eigenvalue weighted by molar-refractivity contribution is -0.138. The van der Waals surface area contributed by atoms with Crippen LogP contribution >= 0.6 is 0 Å². The second-order valence-electron chi connectivity index (χ2n) is 3.37. The van der Waals surface area contributed by atoms with E-state index in [1.54, 1.807) is 0 Å². The molecule has 0 spiro atoms. The summed E-state index contributed by atoms with van der Waals surface area (Å²) in [4.78, 5) is 12.4. The molecule has 70 valence electrons. The molecule has 0 aliphatic carbocycles. The summed E-state index contributed by atoms with van der Waals surface area (Å²) in [6.45, 7) is 2.60. The number of aliphatic carboxylic acids is 1. The van der Waals surface area contributed by atoms with Crippen LogP contribution < -0.4 is 5.73 Å². The number of carboxylic acids is 1. The van der Waals surface area contributed by atoms with Crippen molar-refractivity contribution in [2.45, 2.75) is 12.8 Å². The number of piperidine rings is 1. The van der Waals surface area contributed by atoms with Crippen LogP contribution in [0.25, 0.3) is 0 Å². The second kappa shape index (κ2) is 4.42. The van der Waals surface area contributed by atoms with Crippen LogP contribution in [0.15, 0.2) is 0 Å². The van der Waals surface area contributed by atoms with Crippen LogP contribution in [0.5, 0.6) is 0 Å². The maximum atomic E-state index is 10.4. The standard InChI is InChI=1S/C8H16N2O2/c9-4-7-2-1-3-10(5-7)6-8(11)12/h7H,1-6,9H2,(H,11,12). The average Bonchev–Trinajstić information content (AvgIpc) is 2.03. The summed E-state index contributed by atoms with van der Waals surface area (Å²) in [6, 6.07) is 0. The number of carbonyl (C=O) groups is 1. The van der Waals surface area contributed by atoms with Crippen molar-refractivity contribution in [3.63, 3.8) is 0 Å². The fourth-order valence-corrected chi connectivity index (χ4v) is 1.68. The summed E-state index contributed by atoms with van der Waals surface area (Å²) in [5.41, 5.74) is 5.52. The maximum Gasteiger partial charge on any atom is 0.317 e. The number of likely N-dealkylation sites (tertiary alicyclic amines) is 1. The number of hydrogen-bond donors (Lipinski definition) is 2. The molecule has 1 saturated heterocycles. The zero-order chi connectivity index (χ0) is 8.97. The van der Waals surface area contributed by atoms with Crippen molar-refractivity contribution in [3.8, 4) is 0 Å². The topological polar surface area (TPSA) is 66.6 Å². The van der Waals surface area contributed by atoms with Crippen LogP contribution in [0.1, 0.15) is 12.8 Å². The number of carboxylic acid groups (broad SMARTS) is 1. The molecule has 0 aromatic rings. The first kappa shape index (κ1) is 9.48. The molecular weight excluding hydrogens is 156 g/mol. The predicted molar refractivity (Wildman–Crippen MR) is 45.9 cm³/mol. The van der Waals surface area contributed by atoms with Gasteiger partial charge in [0.15, 0.2) is 0 Å². The van der Waals surface area contributed by atoms with Gasteiger partial charge in [0.25, 0.3) is 0 Å². The molecule has 0 saturated carbocycles. The first-order valence-corrected chi connectivity index (χ1v) is 4.36.